The number of halogens is 3. The van der Waals surface area contributed by atoms with Crippen molar-refractivity contribution in [3.05, 3.63) is 64.0 Å². The molecule has 0 fully saturated rings. The largest absolute Gasteiger partial charge is 0.381 e. The van der Waals surface area contributed by atoms with Crippen molar-refractivity contribution in [3.63, 3.8) is 0 Å². The van der Waals surface area contributed by atoms with Gasteiger partial charge in [-0.15, -0.1) is 0 Å². The summed E-state index contributed by atoms with van der Waals surface area (Å²) in [5, 5.41) is 4.37. The molecule has 0 aliphatic heterocycles. The molecule has 0 saturated heterocycles. The van der Waals surface area contributed by atoms with Gasteiger partial charge in [0, 0.05) is 18.4 Å². The van der Waals surface area contributed by atoms with Gasteiger partial charge in [-0.1, -0.05) is 41.4 Å². The highest BCUT2D eigenvalue weighted by Crippen LogP contribution is 2.28. The summed E-state index contributed by atoms with van der Waals surface area (Å²) >= 11 is 11.5. The minimum absolute atomic E-state index is 0.0121. The van der Waals surface area contributed by atoms with Gasteiger partial charge in [0.1, 0.15) is 0 Å². The van der Waals surface area contributed by atoms with Crippen molar-refractivity contribution < 1.29 is 4.39 Å². The molecule has 0 saturated carbocycles. The maximum absolute atomic E-state index is 13.3. The maximum atomic E-state index is 13.3. The van der Waals surface area contributed by atoms with Crippen LogP contribution in [0.3, 0.4) is 0 Å². The fourth-order valence-electron chi connectivity index (χ4n) is 2.15. The summed E-state index contributed by atoms with van der Waals surface area (Å²) in [6.07, 6.45) is 1.90. The lowest BCUT2D eigenvalue weighted by Crippen LogP contribution is -2.00. The number of hydrogen-bond donors (Lipinski definition) is 2. The van der Waals surface area contributed by atoms with Crippen molar-refractivity contribution in [2.75, 3.05) is 5.32 Å². The van der Waals surface area contributed by atoms with E-state index in [0.717, 1.165) is 16.5 Å². The molecule has 2 N–H and O–H groups in total. The first-order valence-electron chi connectivity index (χ1n) is 6.08. The van der Waals surface area contributed by atoms with Gasteiger partial charge in [-0.05, 0) is 29.1 Å². The second-order valence-corrected chi connectivity index (χ2v) is 5.28. The third-order valence-electron chi connectivity index (χ3n) is 3.14. The Morgan fingerprint density at radius 3 is 2.60 bits per heavy atom. The molecule has 0 atom stereocenters. The van der Waals surface area contributed by atoms with Crippen LogP contribution in [0.5, 0.6) is 0 Å². The fraction of sp³-hybridized carbons (Fsp3) is 0.0667. The van der Waals surface area contributed by atoms with Crippen LogP contribution >= 0.6 is 23.2 Å². The third kappa shape index (κ3) is 2.47. The average molecular weight is 309 g/mol. The van der Waals surface area contributed by atoms with E-state index in [4.69, 9.17) is 23.2 Å². The van der Waals surface area contributed by atoms with Gasteiger partial charge < -0.3 is 10.3 Å². The quantitative estimate of drug-likeness (QED) is 0.637. The standard InChI is InChI=1S/C15H11Cl2FN2/c16-12-6-11(7-13(17)14(12)18)20-8-10-3-1-2-9-4-5-19-15(9)10/h1-7,19-20H,8H2. The average Bonchev–Trinajstić information content (AvgIpc) is 2.91. The molecule has 20 heavy (non-hydrogen) atoms. The van der Waals surface area contributed by atoms with Crippen LogP contribution in [0.25, 0.3) is 10.9 Å². The summed E-state index contributed by atoms with van der Waals surface area (Å²) in [6.45, 7) is 0.593. The molecular formula is C15H11Cl2FN2. The van der Waals surface area contributed by atoms with Gasteiger partial charge in [-0.3, -0.25) is 0 Å². The fourth-order valence-corrected chi connectivity index (χ4v) is 2.64. The van der Waals surface area contributed by atoms with Gasteiger partial charge in [0.05, 0.1) is 15.6 Å². The van der Waals surface area contributed by atoms with Gasteiger partial charge in [0.2, 0.25) is 0 Å². The van der Waals surface area contributed by atoms with Crippen LogP contribution in [0.1, 0.15) is 5.56 Å². The minimum Gasteiger partial charge on any atom is -0.381 e. The first-order chi connectivity index (χ1) is 9.65. The molecule has 0 radical (unpaired) electrons. The van der Waals surface area contributed by atoms with Crippen LogP contribution in [-0.2, 0) is 6.54 Å². The van der Waals surface area contributed by atoms with Gasteiger partial charge in [-0.25, -0.2) is 4.39 Å². The zero-order chi connectivity index (χ0) is 14.1. The zero-order valence-electron chi connectivity index (χ0n) is 10.4. The number of fused-ring (bicyclic) bond motifs is 1. The molecule has 1 aromatic heterocycles. The molecular weight excluding hydrogens is 298 g/mol. The topological polar surface area (TPSA) is 27.8 Å². The Kier molecular flexibility index (Phi) is 3.55. The molecule has 3 aromatic rings. The van der Waals surface area contributed by atoms with E-state index >= 15 is 0 Å². The number of hydrogen-bond acceptors (Lipinski definition) is 1. The molecule has 0 unspecified atom stereocenters. The minimum atomic E-state index is -0.592. The normalized spacial score (nSPS) is 10.9. The number of H-pyrrole nitrogens is 1. The lowest BCUT2D eigenvalue weighted by Gasteiger charge is -2.09. The molecule has 0 aliphatic carbocycles. The van der Waals surface area contributed by atoms with Gasteiger partial charge in [0.25, 0.3) is 0 Å². The Morgan fingerprint density at radius 2 is 1.85 bits per heavy atom. The molecule has 0 spiro atoms. The molecule has 1 heterocycles. The van der Waals surface area contributed by atoms with E-state index in [0.29, 0.717) is 12.2 Å². The number of aromatic amines is 1. The molecule has 102 valence electrons. The number of nitrogens with one attached hydrogen (secondary N) is 2. The maximum Gasteiger partial charge on any atom is 0.160 e. The van der Waals surface area contributed by atoms with Crippen molar-refractivity contribution in [1.82, 2.24) is 4.98 Å². The number of benzene rings is 2. The molecule has 0 amide bonds. The highest BCUT2D eigenvalue weighted by Gasteiger charge is 2.08. The number of anilines is 1. The Morgan fingerprint density at radius 1 is 1.10 bits per heavy atom. The monoisotopic (exact) mass is 308 g/mol. The van der Waals surface area contributed by atoms with Crippen molar-refractivity contribution >= 4 is 39.8 Å². The predicted molar refractivity (Wildman–Crippen MR) is 82.0 cm³/mol. The Hall–Kier alpha value is -1.71. The van der Waals surface area contributed by atoms with Crippen LogP contribution in [0.15, 0.2) is 42.6 Å². The van der Waals surface area contributed by atoms with Crippen LogP contribution in [0.4, 0.5) is 10.1 Å². The zero-order valence-corrected chi connectivity index (χ0v) is 11.9. The van der Waals surface area contributed by atoms with Crippen molar-refractivity contribution in [1.29, 1.82) is 0 Å². The molecule has 2 aromatic carbocycles. The van der Waals surface area contributed by atoms with E-state index < -0.39 is 5.82 Å². The molecule has 5 heteroatoms. The van der Waals surface area contributed by atoms with Crippen LogP contribution in [0.2, 0.25) is 10.0 Å². The van der Waals surface area contributed by atoms with E-state index in [1.807, 2.05) is 30.5 Å². The SMILES string of the molecule is Fc1c(Cl)cc(NCc2cccc3cc[nH]c23)cc1Cl. The number of aromatic nitrogens is 1. The van der Waals surface area contributed by atoms with E-state index in [1.54, 1.807) is 0 Å². The predicted octanol–water partition coefficient (Wildman–Crippen LogP) is 5.23. The second kappa shape index (κ2) is 5.35. The Balaban J connectivity index is 1.85. The Labute approximate surface area is 125 Å². The van der Waals surface area contributed by atoms with Gasteiger partial charge >= 0.3 is 0 Å². The van der Waals surface area contributed by atoms with Crippen molar-refractivity contribution in [3.8, 4) is 0 Å². The molecule has 2 nitrogen and oxygen atoms in total. The highest BCUT2D eigenvalue weighted by atomic mass is 35.5. The first kappa shape index (κ1) is 13.3. The lowest BCUT2D eigenvalue weighted by atomic mass is 10.1. The molecule has 0 aliphatic rings. The number of rotatable bonds is 3. The Bertz CT molecular complexity index is 744. The van der Waals surface area contributed by atoms with E-state index in [9.17, 15) is 4.39 Å². The lowest BCUT2D eigenvalue weighted by molar-refractivity contribution is 0.629. The van der Waals surface area contributed by atoms with E-state index in [2.05, 4.69) is 10.3 Å². The summed E-state index contributed by atoms with van der Waals surface area (Å²) in [4.78, 5) is 3.20. The van der Waals surface area contributed by atoms with Crippen molar-refractivity contribution in [2.24, 2.45) is 0 Å². The van der Waals surface area contributed by atoms with Gasteiger partial charge in [0.15, 0.2) is 5.82 Å². The highest BCUT2D eigenvalue weighted by molar-refractivity contribution is 6.35. The van der Waals surface area contributed by atoms with Crippen molar-refractivity contribution in [2.45, 2.75) is 6.54 Å². The van der Waals surface area contributed by atoms with Gasteiger partial charge in [-0.2, -0.15) is 0 Å². The second-order valence-electron chi connectivity index (χ2n) is 4.47. The summed E-state index contributed by atoms with van der Waals surface area (Å²) in [6, 6.07) is 11.1. The van der Waals surface area contributed by atoms with E-state index in [-0.39, 0.29) is 10.0 Å². The van der Waals surface area contributed by atoms with Crippen LogP contribution < -0.4 is 5.32 Å². The smallest absolute Gasteiger partial charge is 0.160 e. The summed E-state index contributed by atoms with van der Waals surface area (Å²) in [7, 11) is 0. The summed E-state index contributed by atoms with van der Waals surface area (Å²) in [5.41, 5.74) is 2.88. The number of para-hydroxylation sites is 1. The first-order valence-corrected chi connectivity index (χ1v) is 6.84. The van der Waals surface area contributed by atoms with Crippen LogP contribution in [-0.4, -0.2) is 4.98 Å². The molecule has 3 rings (SSSR count). The molecule has 0 bridgehead atoms. The van der Waals surface area contributed by atoms with Crippen LogP contribution in [0, 0.1) is 5.82 Å². The van der Waals surface area contributed by atoms with E-state index in [1.165, 1.54) is 12.1 Å². The summed E-state index contributed by atoms with van der Waals surface area (Å²) < 4.78 is 13.3. The summed E-state index contributed by atoms with van der Waals surface area (Å²) in [5.74, 6) is -0.592. The third-order valence-corrected chi connectivity index (χ3v) is 3.69.